The zero-order chi connectivity index (χ0) is 19.6. The van der Waals surface area contributed by atoms with Crippen LogP contribution in [0.3, 0.4) is 0 Å². The van der Waals surface area contributed by atoms with Gasteiger partial charge in [0.2, 0.25) is 11.8 Å². The van der Waals surface area contributed by atoms with E-state index in [4.69, 9.17) is 0 Å². The normalized spacial score (nSPS) is 14.8. The van der Waals surface area contributed by atoms with Crippen molar-refractivity contribution in [3.63, 3.8) is 0 Å². The van der Waals surface area contributed by atoms with Gasteiger partial charge in [-0.2, -0.15) is 0 Å². The minimum atomic E-state index is -0.969. The number of carboxylic acid groups (broad SMARTS) is 1. The lowest BCUT2D eigenvalue weighted by molar-refractivity contribution is -0.135. The summed E-state index contributed by atoms with van der Waals surface area (Å²) < 4.78 is 0. The SMILES string of the molecule is CCCCCNC(=O)C1CCN(C(=O)CCc2ccccc2C(=O)O)CC1. The zero-order valence-electron chi connectivity index (χ0n) is 16.1. The molecule has 0 atom stereocenters. The number of aromatic carboxylic acids is 1. The van der Waals surface area contributed by atoms with Crippen molar-refractivity contribution < 1.29 is 19.5 Å². The molecule has 1 saturated heterocycles. The highest BCUT2D eigenvalue weighted by Crippen LogP contribution is 2.19. The van der Waals surface area contributed by atoms with Gasteiger partial charge in [0.25, 0.3) is 0 Å². The van der Waals surface area contributed by atoms with Gasteiger partial charge in [0, 0.05) is 32.0 Å². The van der Waals surface area contributed by atoms with E-state index in [0.29, 0.717) is 37.9 Å². The first-order valence-electron chi connectivity index (χ1n) is 9.89. The molecule has 0 unspecified atom stereocenters. The van der Waals surface area contributed by atoms with Crippen molar-refractivity contribution >= 4 is 17.8 Å². The van der Waals surface area contributed by atoms with Crippen LogP contribution in [-0.4, -0.2) is 47.4 Å². The summed E-state index contributed by atoms with van der Waals surface area (Å²) in [6.07, 6.45) is 5.36. The average Bonchev–Trinajstić information content (AvgIpc) is 2.69. The number of carbonyl (C=O) groups excluding carboxylic acids is 2. The molecule has 1 aromatic carbocycles. The van der Waals surface area contributed by atoms with Crippen molar-refractivity contribution in [3.05, 3.63) is 35.4 Å². The van der Waals surface area contributed by atoms with E-state index in [0.717, 1.165) is 25.8 Å². The van der Waals surface area contributed by atoms with E-state index in [-0.39, 0.29) is 29.7 Å². The molecule has 0 aliphatic carbocycles. The second kappa shape index (κ2) is 10.7. The largest absolute Gasteiger partial charge is 0.478 e. The number of amides is 2. The maximum absolute atomic E-state index is 12.5. The van der Waals surface area contributed by atoms with Crippen molar-refractivity contribution in [2.45, 2.75) is 51.9 Å². The Morgan fingerprint density at radius 1 is 1.15 bits per heavy atom. The van der Waals surface area contributed by atoms with Crippen LogP contribution in [0.1, 0.15) is 61.4 Å². The molecule has 1 fully saturated rings. The van der Waals surface area contributed by atoms with Crippen LogP contribution in [0, 0.1) is 5.92 Å². The number of piperidine rings is 1. The summed E-state index contributed by atoms with van der Waals surface area (Å²) in [5, 5.41) is 12.2. The van der Waals surface area contributed by atoms with Gasteiger partial charge in [-0.1, -0.05) is 38.0 Å². The second-order valence-electron chi connectivity index (χ2n) is 7.12. The predicted octanol–water partition coefficient (Wildman–Crippen LogP) is 2.86. The van der Waals surface area contributed by atoms with E-state index in [1.54, 1.807) is 29.2 Å². The Labute approximate surface area is 160 Å². The van der Waals surface area contributed by atoms with Gasteiger partial charge in [-0.15, -0.1) is 0 Å². The molecule has 0 spiro atoms. The summed E-state index contributed by atoms with van der Waals surface area (Å²) in [5.41, 5.74) is 0.934. The Morgan fingerprint density at radius 2 is 1.85 bits per heavy atom. The average molecular weight is 374 g/mol. The summed E-state index contributed by atoms with van der Waals surface area (Å²) in [6.45, 7) is 4.04. The van der Waals surface area contributed by atoms with Crippen LogP contribution in [-0.2, 0) is 16.0 Å². The van der Waals surface area contributed by atoms with Crippen molar-refractivity contribution in [2.24, 2.45) is 5.92 Å². The van der Waals surface area contributed by atoms with Crippen LogP contribution in [0.2, 0.25) is 0 Å². The predicted molar refractivity (Wildman–Crippen MR) is 104 cm³/mol. The Kier molecular flexibility index (Phi) is 8.30. The highest BCUT2D eigenvalue weighted by molar-refractivity contribution is 5.89. The molecule has 2 amide bonds. The van der Waals surface area contributed by atoms with E-state index in [2.05, 4.69) is 12.2 Å². The molecular weight excluding hydrogens is 344 g/mol. The number of carbonyl (C=O) groups is 3. The molecule has 1 aliphatic heterocycles. The second-order valence-corrected chi connectivity index (χ2v) is 7.12. The minimum absolute atomic E-state index is 0.0107. The van der Waals surface area contributed by atoms with E-state index in [9.17, 15) is 19.5 Å². The Morgan fingerprint density at radius 3 is 2.52 bits per heavy atom. The molecule has 27 heavy (non-hydrogen) atoms. The number of rotatable bonds is 9. The Bertz CT molecular complexity index is 651. The van der Waals surface area contributed by atoms with Gasteiger partial charge in [-0.05, 0) is 37.3 Å². The van der Waals surface area contributed by atoms with Gasteiger partial charge >= 0.3 is 5.97 Å². The Balaban J connectivity index is 1.75. The molecule has 0 radical (unpaired) electrons. The molecule has 6 nitrogen and oxygen atoms in total. The van der Waals surface area contributed by atoms with Crippen LogP contribution in [0.5, 0.6) is 0 Å². The summed E-state index contributed by atoms with van der Waals surface area (Å²) in [6, 6.07) is 6.79. The van der Waals surface area contributed by atoms with Gasteiger partial charge in [-0.3, -0.25) is 9.59 Å². The number of nitrogens with one attached hydrogen (secondary N) is 1. The number of hydrogen-bond donors (Lipinski definition) is 2. The molecule has 0 saturated carbocycles. The van der Waals surface area contributed by atoms with E-state index in [1.807, 2.05) is 0 Å². The third kappa shape index (κ3) is 6.38. The molecule has 1 aliphatic rings. The van der Waals surface area contributed by atoms with E-state index in [1.165, 1.54) is 0 Å². The Hall–Kier alpha value is -2.37. The fourth-order valence-corrected chi connectivity index (χ4v) is 3.47. The van der Waals surface area contributed by atoms with Crippen LogP contribution in [0.25, 0.3) is 0 Å². The van der Waals surface area contributed by atoms with Crippen molar-refractivity contribution in [3.8, 4) is 0 Å². The lowest BCUT2D eigenvalue weighted by Crippen LogP contribution is -2.43. The molecule has 0 aromatic heterocycles. The maximum atomic E-state index is 12.5. The van der Waals surface area contributed by atoms with Crippen LogP contribution >= 0.6 is 0 Å². The van der Waals surface area contributed by atoms with Gasteiger partial charge in [0.05, 0.1) is 5.56 Å². The van der Waals surface area contributed by atoms with Gasteiger partial charge in [0.15, 0.2) is 0 Å². The maximum Gasteiger partial charge on any atom is 0.335 e. The summed E-state index contributed by atoms with van der Waals surface area (Å²) in [4.78, 5) is 37.7. The van der Waals surface area contributed by atoms with E-state index < -0.39 is 5.97 Å². The molecule has 2 rings (SSSR count). The number of aryl methyl sites for hydroxylation is 1. The number of carboxylic acids is 1. The molecule has 2 N–H and O–H groups in total. The lowest BCUT2D eigenvalue weighted by Gasteiger charge is -2.31. The number of likely N-dealkylation sites (tertiary alicyclic amines) is 1. The fourth-order valence-electron chi connectivity index (χ4n) is 3.47. The van der Waals surface area contributed by atoms with Crippen molar-refractivity contribution in [2.75, 3.05) is 19.6 Å². The first kappa shape index (κ1) is 20.9. The molecule has 1 aromatic rings. The number of benzene rings is 1. The minimum Gasteiger partial charge on any atom is -0.478 e. The highest BCUT2D eigenvalue weighted by Gasteiger charge is 2.27. The first-order valence-corrected chi connectivity index (χ1v) is 9.89. The van der Waals surface area contributed by atoms with Crippen molar-refractivity contribution in [1.29, 1.82) is 0 Å². The monoisotopic (exact) mass is 374 g/mol. The number of nitrogens with zero attached hydrogens (tertiary/aromatic N) is 1. The van der Waals surface area contributed by atoms with Crippen LogP contribution < -0.4 is 5.32 Å². The fraction of sp³-hybridized carbons (Fsp3) is 0.571. The molecule has 6 heteroatoms. The molecule has 1 heterocycles. The summed E-state index contributed by atoms with van der Waals surface area (Å²) in [7, 11) is 0. The quantitative estimate of drug-likeness (QED) is 0.651. The summed E-state index contributed by atoms with van der Waals surface area (Å²) >= 11 is 0. The van der Waals surface area contributed by atoms with Crippen LogP contribution in [0.4, 0.5) is 0 Å². The topological polar surface area (TPSA) is 86.7 Å². The first-order chi connectivity index (χ1) is 13.0. The molecular formula is C21H30N2O4. The third-order valence-electron chi connectivity index (χ3n) is 5.15. The van der Waals surface area contributed by atoms with Crippen LogP contribution in [0.15, 0.2) is 24.3 Å². The lowest BCUT2D eigenvalue weighted by atomic mass is 9.95. The van der Waals surface area contributed by atoms with Gasteiger partial charge in [-0.25, -0.2) is 4.79 Å². The summed E-state index contributed by atoms with van der Waals surface area (Å²) in [5.74, 6) is -0.849. The number of unbranched alkanes of at least 4 members (excludes halogenated alkanes) is 2. The van der Waals surface area contributed by atoms with Gasteiger partial charge < -0.3 is 15.3 Å². The molecule has 0 bridgehead atoms. The van der Waals surface area contributed by atoms with E-state index >= 15 is 0 Å². The third-order valence-corrected chi connectivity index (χ3v) is 5.15. The zero-order valence-corrected chi connectivity index (χ0v) is 16.1. The number of hydrogen-bond acceptors (Lipinski definition) is 3. The smallest absolute Gasteiger partial charge is 0.335 e. The van der Waals surface area contributed by atoms with Crippen molar-refractivity contribution in [1.82, 2.24) is 10.2 Å². The van der Waals surface area contributed by atoms with Gasteiger partial charge in [0.1, 0.15) is 0 Å². The standard InChI is InChI=1S/C21H30N2O4/c1-2-3-6-13-22-20(25)17-11-14-23(15-12-17)19(24)10-9-16-7-4-5-8-18(16)21(26)27/h4-5,7-8,17H,2-3,6,9-15H2,1H3,(H,22,25)(H,26,27). The highest BCUT2D eigenvalue weighted by atomic mass is 16.4. The molecule has 148 valence electrons.